The fraction of sp³-hybridized carbons (Fsp3) is 0.167. The standard InChI is InChI=1S/C6H8O3Si/c1-10-4-2-3-9-5(4)6(7)8/h2-3H,10H2,1H3,(H,7,8). The van der Waals surface area contributed by atoms with Gasteiger partial charge in [-0.3, -0.25) is 0 Å². The van der Waals surface area contributed by atoms with Gasteiger partial charge >= 0.3 is 5.97 Å². The molecule has 1 aromatic rings. The average molecular weight is 156 g/mol. The molecule has 3 nitrogen and oxygen atoms in total. The van der Waals surface area contributed by atoms with Crippen LogP contribution in [0.1, 0.15) is 10.6 Å². The lowest BCUT2D eigenvalue weighted by atomic mass is 10.4. The maximum Gasteiger partial charge on any atom is 0.371 e. The molecule has 0 amide bonds. The van der Waals surface area contributed by atoms with Crippen LogP contribution in [0.5, 0.6) is 0 Å². The Balaban J connectivity index is 3.01. The first kappa shape index (κ1) is 7.08. The summed E-state index contributed by atoms with van der Waals surface area (Å²) in [5.41, 5.74) is 0. The summed E-state index contributed by atoms with van der Waals surface area (Å²) in [4.78, 5) is 10.4. The minimum Gasteiger partial charge on any atom is -0.475 e. The van der Waals surface area contributed by atoms with Crippen molar-refractivity contribution in [3.05, 3.63) is 18.1 Å². The van der Waals surface area contributed by atoms with Gasteiger partial charge in [0.25, 0.3) is 0 Å². The molecular weight excluding hydrogens is 148 g/mol. The van der Waals surface area contributed by atoms with Crippen LogP contribution < -0.4 is 5.19 Å². The highest BCUT2D eigenvalue weighted by molar-refractivity contribution is 6.53. The summed E-state index contributed by atoms with van der Waals surface area (Å²) >= 11 is 0. The van der Waals surface area contributed by atoms with Crippen molar-refractivity contribution in [3.8, 4) is 0 Å². The number of aromatic carboxylic acids is 1. The second-order valence-electron chi connectivity index (χ2n) is 1.93. The molecule has 1 N–H and O–H groups in total. The molecule has 0 saturated heterocycles. The predicted octanol–water partition coefficient (Wildman–Crippen LogP) is -0.180. The molecule has 1 heterocycles. The van der Waals surface area contributed by atoms with E-state index >= 15 is 0 Å². The zero-order valence-electron chi connectivity index (χ0n) is 5.63. The van der Waals surface area contributed by atoms with Gasteiger partial charge in [-0.05, 0) is 11.3 Å². The van der Waals surface area contributed by atoms with E-state index in [1.54, 1.807) is 6.07 Å². The number of furan rings is 1. The highest BCUT2D eigenvalue weighted by Crippen LogP contribution is 1.95. The lowest BCUT2D eigenvalue weighted by Crippen LogP contribution is -2.16. The molecule has 10 heavy (non-hydrogen) atoms. The predicted molar refractivity (Wildman–Crippen MR) is 39.7 cm³/mol. The van der Waals surface area contributed by atoms with Crippen molar-refractivity contribution in [1.82, 2.24) is 0 Å². The third-order valence-corrected chi connectivity index (χ3v) is 2.64. The first-order valence-electron chi connectivity index (χ1n) is 3.05. The topological polar surface area (TPSA) is 50.4 Å². The van der Waals surface area contributed by atoms with E-state index in [0.29, 0.717) is 0 Å². The number of rotatable bonds is 2. The van der Waals surface area contributed by atoms with Gasteiger partial charge in [0.2, 0.25) is 5.76 Å². The first-order chi connectivity index (χ1) is 4.75. The molecule has 1 rings (SSSR count). The van der Waals surface area contributed by atoms with Gasteiger partial charge < -0.3 is 9.52 Å². The molecule has 0 spiro atoms. The van der Waals surface area contributed by atoms with E-state index in [9.17, 15) is 4.79 Å². The Bertz CT molecular complexity index is 241. The van der Waals surface area contributed by atoms with Crippen LogP contribution in [-0.4, -0.2) is 20.6 Å². The van der Waals surface area contributed by atoms with Gasteiger partial charge in [-0.2, -0.15) is 0 Å². The van der Waals surface area contributed by atoms with Crippen LogP contribution in [0.3, 0.4) is 0 Å². The summed E-state index contributed by atoms with van der Waals surface area (Å²) < 4.78 is 4.75. The maximum atomic E-state index is 10.4. The quantitative estimate of drug-likeness (QED) is 0.604. The van der Waals surface area contributed by atoms with Crippen LogP contribution in [0, 0.1) is 0 Å². The monoisotopic (exact) mass is 156 g/mol. The van der Waals surface area contributed by atoms with Crippen molar-refractivity contribution in [3.63, 3.8) is 0 Å². The van der Waals surface area contributed by atoms with Gasteiger partial charge in [-0.25, -0.2) is 4.79 Å². The highest BCUT2D eigenvalue weighted by atomic mass is 28.2. The number of carboxylic acid groups (broad SMARTS) is 1. The fourth-order valence-electron chi connectivity index (χ4n) is 0.802. The van der Waals surface area contributed by atoms with Gasteiger partial charge in [-0.1, -0.05) is 6.55 Å². The summed E-state index contributed by atoms with van der Waals surface area (Å²) in [7, 11) is -0.413. The Hall–Kier alpha value is -1.03. The third kappa shape index (κ3) is 1.11. The number of hydrogen-bond donors (Lipinski definition) is 1. The van der Waals surface area contributed by atoms with E-state index < -0.39 is 15.5 Å². The molecule has 0 aliphatic rings. The van der Waals surface area contributed by atoms with E-state index in [2.05, 4.69) is 0 Å². The van der Waals surface area contributed by atoms with E-state index in [0.717, 1.165) is 5.19 Å². The molecular formula is C6H8O3Si. The van der Waals surface area contributed by atoms with Crippen molar-refractivity contribution in [2.24, 2.45) is 0 Å². The number of carboxylic acids is 1. The van der Waals surface area contributed by atoms with Gasteiger partial charge in [0.05, 0.1) is 15.8 Å². The van der Waals surface area contributed by atoms with Crippen LogP contribution in [0.25, 0.3) is 0 Å². The van der Waals surface area contributed by atoms with Crippen molar-refractivity contribution < 1.29 is 14.3 Å². The molecule has 0 atom stereocenters. The van der Waals surface area contributed by atoms with Gasteiger partial charge in [-0.15, -0.1) is 0 Å². The second kappa shape index (κ2) is 2.70. The molecule has 0 fully saturated rings. The summed E-state index contributed by atoms with van der Waals surface area (Å²) in [5.74, 6) is -0.844. The molecule has 4 heteroatoms. The minimum atomic E-state index is -0.964. The lowest BCUT2D eigenvalue weighted by Gasteiger charge is -1.89. The van der Waals surface area contributed by atoms with Gasteiger partial charge in [0.1, 0.15) is 0 Å². The second-order valence-corrected chi connectivity index (χ2v) is 3.40. The maximum absolute atomic E-state index is 10.4. The zero-order chi connectivity index (χ0) is 7.56. The summed E-state index contributed by atoms with van der Waals surface area (Å²) in [6, 6.07) is 1.73. The number of hydrogen-bond acceptors (Lipinski definition) is 2. The molecule has 0 radical (unpaired) electrons. The van der Waals surface area contributed by atoms with Crippen LogP contribution in [0.15, 0.2) is 16.7 Å². The van der Waals surface area contributed by atoms with Crippen LogP contribution in [0.4, 0.5) is 0 Å². The Morgan fingerprint density at radius 1 is 1.80 bits per heavy atom. The third-order valence-electron chi connectivity index (χ3n) is 1.32. The molecule has 0 aliphatic carbocycles. The van der Waals surface area contributed by atoms with E-state index in [1.165, 1.54) is 6.26 Å². The highest BCUT2D eigenvalue weighted by Gasteiger charge is 2.10. The summed E-state index contributed by atoms with van der Waals surface area (Å²) in [6.45, 7) is 2.03. The van der Waals surface area contributed by atoms with Crippen molar-refractivity contribution >= 4 is 20.7 Å². The van der Waals surface area contributed by atoms with Gasteiger partial charge in [0, 0.05) is 0 Å². The summed E-state index contributed by atoms with van der Waals surface area (Å²) in [6.07, 6.45) is 1.43. The van der Waals surface area contributed by atoms with E-state index in [-0.39, 0.29) is 5.76 Å². The normalized spacial score (nSPS) is 10.9. The van der Waals surface area contributed by atoms with Crippen molar-refractivity contribution in [2.45, 2.75) is 6.55 Å². The molecule has 0 aromatic carbocycles. The van der Waals surface area contributed by atoms with E-state index in [4.69, 9.17) is 9.52 Å². The Morgan fingerprint density at radius 2 is 2.50 bits per heavy atom. The van der Waals surface area contributed by atoms with Crippen LogP contribution in [0.2, 0.25) is 6.55 Å². The molecule has 0 saturated carbocycles. The summed E-state index contributed by atoms with van der Waals surface area (Å²) in [5, 5.41) is 9.40. The first-order valence-corrected chi connectivity index (χ1v) is 5.17. The SMILES string of the molecule is C[SiH2]c1ccoc1C(=O)O. The zero-order valence-corrected chi connectivity index (χ0v) is 7.04. The van der Waals surface area contributed by atoms with Crippen LogP contribution in [-0.2, 0) is 0 Å². The number of carbonyl (C=O) groups is 1. The Kier molecular flexibility index (Phi) is 1.91. The molecule has 0 aliphatic heterocycles. The molecule has 1 aromatic heterocycles. The Morgan fingerprint density at radius 3 is 2.90 bits per heavy atom. The Labute approximate surface area is 60.5 Å². The largest absolute Gasteiger partial charge is 0.475 e. The molecule has 0 unspecified atom stereocenters. The fourth-order valence-corrected chi connectivity index (χ4v) is 1.69. The molecule has 54 valence electrons. The van der Waals surface area contributed by atoms with Crippen molar-refractivity contribution in [1.29, 1.82) is 0 Å². The average Bonchev–Trinajstić information content (AvgIpc) is 2.33. The van der Waals surface area contributed by atoms with E-state index in [1.807, 2.05) is 6.55 Å². The smallest absolute Gasteiger partial charge is 0.371 e. The van der Waals surface area contributed by atoms with Crippen molar-refractivity contribution in [2.75, 3.05) is 0 Å². The lowest BCUT2D eigenvalue weighted by molar-refractivity contribution is 0.0664. The van der Waals surface area contributed by atoms with Crippen LogP contribution >= 0.6 is 0 Å². The molecule has 0 bridgehead atoms. The minimum absolute atomic E-state index is 0.120. The van der Waals surface area contributed by atoms with Gasteiger partial charge in [0.15, 0.2) is 0 Å².